The van der Waals surface area contributed by atoms with E-state index in [0.717, 1.165) is 34.2 Å². The fraction of sp³-hybridized carbons (Fsp3) is 0.385. The van der Waals surface area contributed by atoms with E-state index >= 15 is 0 Å². The molecule has 0 spiro atoms. The Bertz CT molecular complexity index is 412. The van der Waals surface area contributed by atoms with Gasteiger partial charge in [-0.2, -0.15) is 0 Å². The minimum absolute atomic E-state index is 0.521. The summed E-state index contributed by atoms with van der Waals surface area (Å²) in [6.45, 7) is 2.82. The molecule has 1 atom stereocenters. The van der Waals surface area contributed by atoms with Crippen molar-refractivity contribution < 1.29 is 9.84 Å². The first-order valence-electron chi connectivity index (χ1n) is 5.44. The number of aliphatic hydroxyl groups is 1. The van der Waals surface area contributed by atoms with Crippen molar-refractivity contribution in [1.29, 1.82) is 0 Å². The maximum absolute atomic E-state index is 10.3. The summed E-state index contributed by atoms with van der Waals surface area (Å²) in [4.78, 5) is 0. The van der Waals surface area contributed by atoms with Gasteiger partial charge in [-0.25, -0.2) is 0 Å². The lowest BCUT2D eigenvalue weighted by Crippen LogP contribution is -2.09. The summed E-state index contributed by atoms with van der Waals surface area (Å²) in [7, 11) is 0. The number of hydrogen-bond acceptors (Lipinski definition) is 2. The topological polar surface area (TPSA) is 29.5 Å². The van der Waals surface area contributed by atoms with E-state index in [4.69, 9.17) is 4.74 Å². The van der Waals surface area contributed by atoms with Crippen LogP contribution < -0.4 is 0 Å². The Morgan fingerprint density at radius 1 is 1.44 bits per heavy atom. The zero-order chi connectivity index (χ0) is 11.5. The van der Waals surface area contributed by atoms with Crippen LogP contribution in [0.15, 0.2) is 30.0 Å². The Labute approximate surface area is 109 Å². The Hall–Kier alpha value is -0.550. The minimum Gasteiger partial charge on any atom is -0.501 e. The van der Waals surface area contributed by atoms with Crippen LogP contribution in [-0.4, -0.2) is 11.7 Å². The lowest BCUT2D eigenvalue weighted by molar-refractivity contribution is 0.170. The number of ether oxygens (including phenoxy) is 1. The SMILES string of the molecule is Cc1cccc(C(O)C2=COCCC2)c1I. The van der Waals surface area contributed by atoms with Gasteiger partial charge in [-0.05, 0) is 59.1 Å². The highest BCUT2D eigenvalue weighted by Crippen LogP contribution is 2.31. The second kappa shape index (κ2) is 5.19. The van der Waals surface area contributed by atoms with Gasteiger partial charge in [-0.1, -0.05) is 18.2 Å². The smallest absolute Gasteiger partial charge is 0.104 e. The third kappa shape index (κ3) is 2.40. The molecule has 2 rings (SSSR count). The summed E-state index contributed by atoms with van der Waals surface area (Å²) in [5, 5.41) is 10.3. The van der Waals surface area contributed by atoms with Crippen LogP contribution >= 0.6 is 22.6 Å². The normalized spacial score (nSPS) is 17.6. The van der Waals surface area contributed by atoms with Gasteiger partial charge in [0.15, 0.2) is 0 Å². The van der Waals surface area contributed by atoms with Crippen LogP contribution in [0.1, 0.15) is 30.1 Å². The molecule has 0 radical (unpaired) electrons. The number of benzene rings is 1. The summed E-state index contributed by atoms with van der Waals surface area (Å²) < 4.78 is 6.41. The van der Waals surface area contributed by atoms with Crippen LogP contribution in [0.2, 0.25) is 0 Å². The largest absolute Gasteiger partial charge is 0.501 e. The van der Waals surface area contributed by atoms with Crippen LogP contribution in [-0.2, 0) is 4.74 Å². The third-order valence-corrected chi connectivity index (χ3v) is 4.30. The average molecular weight is 330 g/mol. The molecule has 2 nitrogen and oxygen atoms in total. The minimum atomic E-state index is -0.521. The molecular weight excluding hydrogens is 315 g/mol. The molecule has 1 aliphatic rings. The molecule has 1 unspecified atom stereocenters. The van der Waals surface area contributed by atoms with E-state index in [9.17, 15) is 5.11 Å². The monoisotopic (exact) mass is 330 g/mol. The van der Waals surface area contributed by atoms with Gasteiger partial charge in [0, 0.05) is 3.57 Å². The predicted molar refractivity (Wildman–Crippen MR) is 72.1 cm³/mol. The summed E-state index contributed by atoms with van der Waals surface area (Å²) in [6.07, 6.45) is 3.11. The lowest BCUT2D eigenvalue weighted by atomic mass is 9.97. The van der Waals surface area contributed by atoms with Crippen molar-refractivity contribution in [2.24, 2.45) is 0 Å². The van der Waals surface area contributed by atoms with Gasteiger partial charge >= 0.3 is 0 Å². The lowest BCUT2D eigenvalue weighted by Gasteiger charge is -2.20. The van der Waals surface area contributed by atoms with Crippen molar-refractivity contribution >= 4 is 22.6 Å². The van der Waals surface area contributed by atoms with E-state index in [1.165, 1.54) is 5.56 Å². The number of aryl methyl sites for hydroxylation is 1. The number of rotatable bonds is 2. The van der Waals surface area contributed by atoms with Gasteiger partial charge < -0.3 is 9.84 Å². The van der Waals surface area contributed by atoms with Crippen molar-refractivity contribution in [2.75, 3.05) is 6.61 Å². The molecule has 16 heavy (non-hydrogen) atoms. The maximum atomic E-state index is 10.3. The van der Waals surface area contributed by atoms with Crippen LogP contribution in [0.5, 0.6) is 0 Å². The summed E-state index contributed by atoms with van der Waals surface area (Å²) in [5.41, 5.74) is 3.17. The molecule has 0 aliphatic carbocycles. The maximum Gasteiger partial charge on any atom is 0.104 e. The number of halogens is 1. The second-order valence-corrected chi connectivity index (χ2v) is 5.13. The second-order valence-electron chi connectivity index (χ2n) is 4.05. The Morgan fingerprint density at radius 2 is 2.25 bits per heavy atom. The molecule has 86 valence electrons. The standard InChI is InChI=1S/C13H15IO2/c1-9-4-2-6-11(12(9)14)13(15)10-5-3-7-16-8-10/h2,4,6,8,13,15H,3,5,7H2,1H3. The van der Waals surface area contributed by atoms with Crippen molar-refractivity contribution in [3.05, 3.63) is 44.7 Å². The summed E-state index contributed by atoms with van der Waals surface area (Å²) in [6, 6.07) is 6.03. The highest BCUT2D eigenvalue weighted by atomic mass is 127. The van der Waals surface area contributed by atoms with Gasteiger partial charge in [0.2, 0.25) is 0 Å². The summed E-state index contributed by atoms with van der Waals surface area (Å²) in [5.74, 6) is 0. The van der Waals surface area contributed by atoms with Crippen LogP contribution in [0.25, 0.3) is 0 Å². The van der Waals surface area contributed by atoms with Gasteiger partial charge in [0.05, 0.1) is 12.9 Å². The molecule has 0 saturated carbocycles. The quantitative estimate of drug-likeness (QED) is 0.843. The Kier molecular flexibility index (Phi) is 3.86. The first-order chi connectivity index (χ1) is 7.70. The van der Waals surface area contributed by atoms with Gasteiger partial charge in [-0.15, -0.1) is 0 Å². The molecule has 0 saturated heterocycles. The van der Waals surface area contributed by atoms with Crippen molar-refractivity contribution in [3.63, 3.8) is 0 Å². The van der Waals surface area contributed by atoms with Gasteiger partial charge in [-0.3, -0.25) is 0 Å². The molecule has 3 heteroatoms. The van der Waals surface area contributed by atoms with E-state index < -0.39 is 6.10 Å². The van der Waals surface area contributed by atoms with Gasteiger partial charge in [0.25, 0.3) is 0 Å². The van der Waals surface area contributed by atoms with Crippen LogP contribution in [0, 0.1) is 10.5 Å². The first kappa shape index (κ1) is 11.9. The fourth-order valence-electron chi connectivity index (χ4n) is 1.87. The fourth-order valence-corrected chi connectivity index (χ4v) is 2.52. The molecule has 1 aliphatic heterocycles. The first-order valence-corrected chi connectivity index (χ1v) is 6.51. The molecule has 1 aromatic carbocycles. The van der Waals surface area contributed by atoms with E-state index in [1.807, 2.05) is 12.1 Å². The van der Waals surface area contributed by atoms with Crippen molar-refractivity contribution in [2.45, 2.75) is 25.9 Å². The molecule has 0 amide bonds. The molecule has 0 aromatic heterocycles. The Morgan fingerprint density at radius 3 is 2.94 bits per heavy atom. The molecule has 1 heterocycles. The number of hydrogen-bond donors (Lipinski definition) is 1. The van der Waals surface area contributed by atoms with Crippen LogP contribution in [0.4, 0.5) is 0 Å². The van der Waals surface area contributed by atoms with E-state index in [2.05, 4.69) is 35.6 Å². The molecule has 1 aromatic rings. The molecule has 0 fully saturated rings. The predicted octanol–water partition coefficient (Wildman–Crippen LogP) is 3.33. The van der Waals surface area contributed by atoms with Gasteiger partial charge in [0.1, 0.15) is 6.10 Å². The van der Waals surface area contributed by atoms with E-state index in [-0.39, 0.29) is 0 Å². The average Bonchev–Trinajstić information content (AvgIpc) is 2.33. The van der Waals surface area contributed by atoms with Crippen LogP contribution in [0.3, 0.4) is 0 Å². The zero-order valence-electron chi connectivity index (χ0n) is 9.24. The molecule has 1 N–H and O–H groups in total. The molecular formula is C13H15IO2. The van der Waals surface area contributed by atoms with Crippen molar-refractivity contribution in [1.82, 2.24) is 0 Å². The van der Waals surface area contributed by atoms with E-state index in [0.29, 0.717) is 0 Å². The highest BCUT2D eigenvalue weighted by molar-refractivity contribution is 14.1. The summed E-state index contributed by atoms with van der Waals surface area (Å²) >= 11 is 2.29. The zero-order valence-corrected chi connectivity index (χ0v) is 11.4. The van der Waals surface area contributed by atoms with E-state index in [1.54, 1.807) is 6.26 Å². The Balaban J connectivity index is 2.29. The third-order valence-electron chi connectivity index (χ3n) is 2.83. The van der Waals surface area contributed by atoms with Crippen molar-refractivity contribution in [3.8, 4) is 0 Å². The number of aliphatic hydroxyl groups excluding tert-OH is 1. The molecule has 0 bridgehead atoms. The highest BCUT2D eigenvalue weighted by Gasteiger charge is 2.18.